The number of azide groups is 1. The SMILES string of the molecule is C.C.C.C.C.C.C.C.C#CCCCC(=O)NCCN(CCSCCC(=O)O)C(=O)CC.CC.CC.CCCN(CCc1cccs1)C1CCc2c(cccc2OC(=O)CN=[N+]=[N-])C1.CCCN(CCc1cccs1)C1CCc2c(cccc2OC(=O)Cn2cc(CCCC(=O)NCCN(CCSCCC(=O)O)C(=O)CC)nn2)C1. The summed E-state index contributed by atoms with van der Waals surface area (Å²) in [5.74, 6) is 3.40. The Morgan fingerprint density at radius 1 is 0.596 bits per heavy atom. The molecular formula is C86H148N12O12S4. The molecule has 0 spiro atoms. The molecule has 114 heavy (non-hydrogen) atoms. The summed E-state index contributed by atoms with van der Waals surface area (Å²) in [7, 11) is 0. The Kier molecular flexibility index (Phi) is 73.7. The minimum atomic E-state index is -0.832. The lowest BCUT2D eigenvalue weighted by Gasteiger charge is -2.35. The minimum absolute atomic E-state index is 0. The van der Waals surface area contributed by atoms with E-state index in [1.165, 1.54) is 49.1 Å². The highest BCUT2D eigenvalue weighted by Gasteiger charge is 2.29. The van der Waals surface area contributed by atoms with Crippen molar-refractivity contribution in [1.29, 1.82) is 0 Å². The summed E-state index contributed by atoms with van der Waals surface area (Å²) in [4.78, 5) is 108. The number of carboxylic acid groups (broad SMARTS) is 2. The lowest BCUT2D eigenvalue weighted by molar-refractivity contribution is -0.137. The third kappa shape index (κ3) is 47.9. The number of hydrogen-bond acceptors (Lipinski definition) is 19. The van der Waals surface area contributed by atoms with Gasteiger partial charge in [-0.1, -0.05) is 162 Å². The largest absolute Gasteiger partial charge is 0.481 e. The van der Waals surface area contributed by atoms with Crippen LogP contribution in [0.4, 0.5) is 0 Å². The Bertz CT molecular complexity index is 3460. The van der Waals surface area contributed by atoms with Crippen LogP contribution in [0.15, 0.2) is 82.7 Å². The predicted molar refractivity (Wildman–Crippen MR) is 481 cm³/mol. The molecule has 0 fully saturated rings. The van der Waals surface area contributed by atoms with E-state index in [0.29, 0.717) is 143 Å². The van der Waals surface area contributed by atoms with Crippen LogP contribution in [0, 0.1) is 12.3 Å². The van der Waals surface area contributed by atoms with Crippen molar-refractivity contribution in [3.63, 3.8) is 0 Å². The number of aliphatic carboxylic acids is 2. The van der Waals surface area contributed by atoms with Crippen LogP contribution in [0.3, 0.4) is 0 Å². The zero-order valence-corrected chi connectivity index (χ0v) is 67.0. The molecule has 4 N–H and O–H groups in total. The van der Waals surface area contributed by atoms with Crippen LogP contribution in [0.1, 0.15) is 236 Å². The second kappa shape index (κ2) is 71.7. The molecule has 3 heterocycles. The molecule has 2 unspecified atom stereocenters. The Morgan fingerprint density at radius 3 is 1.45 bits per heavy atom. The quantitative estimate of drug-likeness (QED) is 0.00535. The summed E-state index contributed by atoms with van der Waals surface area (Å²) in [5.41, 5.74) is 13.8. The fraction of sp³-hybridized carbons (Fsp3) is 0.628. The number of carbonyl (C=O) groups excluding carboxylic acids is 6. The van der Waals surface area contributed by atoms with E-state index < -0.39 is 23.9 Å². The highest BCUT2D eigenvalue weighted by atomic mass is 32.2. The number of aromatic nitrogens is 3. The molecule has 2 aromatic carbocycles. The molecule has 0 aliphatic heterocycles. The number of rotatable bonds is 45. The molecule has 28 heteroatoms. The van der Waals surface area contributed by atoms with Crippen molar-refractivity contribution in [3.8, 4) is 23.8 Å². The molecule has 0 saturated heterocycles. The lowest BCUT2D eigenvalue weighted by atomic mass is 9.86. The van der Waals surface area contributed by atoms with E-state index in [0.717, 1.165) is 102 Å². The van der Waals surface area contributed by atoms with E-state index in [4.69, 9.17) is 31.6 Å². The number of ether oxygens (including phenoxy) is 2. The van der Waals surface area contributed by atoms with Crippen LogP contribution in [0.5, 0.6) is 11.5 Å². The number of nitrogens with one attached hydrogen (secondary N) is 2. The Hall–Kier alpha value is -7.77. The van der Waals surface area contributed by atoms with E-state index in [9.17, 15) is 38.4 Å². The highest BCUT2D eigenvalue weighted by molar-refractivity contribution is 7.99. The summed E-state index contributed by atoms with van der Waals surface area (Å²) in [5, 5.41) is 38.8. The minimum Gasteiger partial charge on any atom is -0.481 e. The average molecular weight is 1670 g/mol. The molecule has 7 rings (SSSR count). The normalized spacial score (nSPS) is 12.2. The monoisotopic (exact) mass is 1670 g/mol. The Balaban J connectivity index is -0.000000396. The number of carbonyl (C=O) groups is 8. The molecule has 5 aromatic rings. The van der Waals surface area contributed by atoms with Gasteiger partial charge < -0.3 is 40.1 Å². The molecule has 648 valence electrons. The molecule has 0 bridgehead atoms. The van der Waals surface area contributed by atoms with E-state index in [1.807, 2.05) is 74.6 Å². The van der Waals surface area contributed by atoms with Crippen LogP contribution in [0.25, 0.3) is 10.4 Å². The Morgan fingerprint density at radius 2 is 1.04 bits per heavy atom. The smallest absolute Gasteiger partial charge is 0.333 e. The van der Waals surface area contributed by atoms with Gasteiger partial charge in [0.25, 0.3) is 0 Å². The van der Waals surface area contributed by atoms with Gasteiger partial charge in [0.05, 0.1) is 18.5 Å². The molecule has 0 radical (unpaired) electrons. The number of fused-ring (bicyclic) bond motifs is 2. The van der Waals surface area contributed by atoms with Crippen molar-refractivity contribution in [2.45, 2.75) is 262 Å². The number of carboxylic acids is 2. The zero-order chi connectivity index (χ0) is 77.7. The number of thioether (sulfide) groups is 2. The number of amides is 4. The standard InChI is InChI=1S/C37H52N6O6S2.C21H26N4O2S.C16H26N2O4S.2C2H6.8CH4/c1-3-18-41(19-15-31-10-7-22-51-31)30-13-14-32-28(25-30)8-5-11-33(32)49-37(48)27-43-26-29(39-40-43)9-6-12-34(44)38-17-20-42(35(45)4-2)21-24-50-23-16-36(46)47;1-2-11-25(12-10-18-6-4-13-28-18)17-8-9-19-16(14-17)5-3-7-20(19)27-21(26)15-23-24-22;1-3-5-6-7-14(19)17-9-10-18(15(20)4-2)11-13-23-12-8-16(21)22;2*1-2;;;;;;;;/h5,7-8,10-11,22,26,30H,3-4,6,9,12-21,23-25,27H2,1-2H3,(H,38,44)(H,46,47);3-7,13,17H,2,8-12,14-15H2,1H3;1H,4-13H2,2H3,(H,17,19)(H,21,22);2*1-2H3;8*1H4. The first kappa shape index (κ1) is 117. The first-order chi connectivity index (χ1) is 51.5. The average Bonchev–Trinajstić information content (AvgIpc) is 0.824. The van der Waals surface area contributed by atoms with Crippen LogP contribution < -0.4 is 20.1 Å². The fourth-order valence-electron chi connectivity index (χ4n) is 12.0. The summed E-state index contributed by atoms with van der Waals surface area (Å²) >= 11 is 6.65. The first-order valence-corrected chi connectivity index (χ1v) is 41.7. The first-order valence-electron chi connectivity index (χ1n) is 37.6. The van der Waals surface area contributed by atoms with Gasteiger partial charge in [-0.05, 0) is 159 Å². The van der Waals surface area contributed by atoms with E-state index in [-0.39, 0.29) is 109 Å². The number of hydrogen-bond donors (Lipinski definition) is 4. The van der Waals surface area contributed by atoms with Gasteiger partial charge in [0, 0.05) is 140 Å². The van der Waals surface area contributed by atoms with Gasteiger partial charge in [0.2, 0.25) is 23.6 Å². The van der Waals surface area contributed by atoms with Crippen molar-refractivity contribution < 1.29 is 58.0 Å². The number of aryl methyl sites for hydroxylation is 1. The van der Waals surface area contributed by atoms with Crippen molar-refractivity contribution in [2.75, 3.05) is 95.0 Å². The van der Waals surface area contributed by atoms with Crippen LogP contribution in [-0.4, -0.2) is 199 Å². The molecule has 2 aliphatic rings. The highest BCUT2D eigenvalue weighted by Crippen LogP contribution is 2.34. The molecule has 2 atom stereocenters. The predicted octanol–water partition coefficient (Wildman–Crippen LogP) is 17.9. The second-order valence-corrected chi connectivity index (χ2v) is 29.2. The number of thiophene rings is 2. The van der Waals surface area contributed by atoms with Crippen LogP contribution in [0.2, 0.25) is 0 Å². The number of nitrogens with zero attached hydrogens (tertiary/aromatic N) is 10. The maximum absolute atomic E-state index is 12.9. The van der Waals surface area contributed by atoms with Gasteiger partial charge in [0.15, 0.2) is 0 Å². The second-order valence-electron chi connectivity index (χ2n) is 24.6. The summed E-state index contributed by atoms with van der Waals surface area (Å²) in [6.45, 7) is 22.7. The Labute approximate surface area is 704 Å². The summed E-state index contributed by atoms with van der Waals surface area (Å²) in [6, 6.07) is 21.5. The van der Waals surface area contributed by atoms with Gasteiger partial charge in [-0.25, -0.2) is 9.48 Å². The van der Waals surface area contributed by atoms with E-state index in [2.05, 4.69) is 108 Å². The fourth-order valence-corrected chi connectivity index (χ4v) is 15.1. The van der Waals surface area contributed by atoms with Gasteiger partial charge in [-0.2, -0.15) is 23.5 Å². The van der Waals surface area contributed by atoms with Gasteiger partial charge in [-0.3, -0.25) is 43.4 Å². The summed E-state index contributed by atoms with van der Waals surface area (Å²) < 4.78 is 12.8. The third-order valence-electron chi connectivity index (χ3n) is 17.1. The number of esters is 2. The molecule has 3 aromatic heterocycles. The maximum atomic E-state index is 12.9. The van der Waals surface area contributed by atoms with Crippen molar-refractivity contribution in [1.82, 2.24) is 45.2 Å². The van der Waals surface area contributed by atoms with Gasteiger partial charge in [-0.15, -0.1) is 40.1 Å². The summed E-state index contributed by atoms with van der Waals surface area (Å²) in [6.07, 6.45) is 21.1. The van der Waals surface area contributed by atoms with Gasteiger partial charge >= 0.3 is 23.9 Å². The van der Waals surface area contributed by atoms with Crippen molar-refractivity contribution in [2.24, 2.45) is 5.11 Å². The molecule has 2 aliphatic carbocycles. The van der Waals surface area contributed by atoms with Crippen LogP contribution >= 0.6 is 46.2 Å². The van der Waals surface area contributed by atoms with Crippen molar-refractivity contribution in [3.05, 3.63) is 126 Å². The lowest BCUT2D eigenvalue weighted by Crippen LogP contribution is -2.41. The van der Waals surface area contributed by atoms with Crippen LogP contribution in [-0.2, 0) is 89.8 Å². The van der Waals surface area contributed by atoms with E-state index in [1.54, 1.807) is 29.8 Å². The van der Waals surface area contributed by atoms with E-state index >= 15 is 0 Å². The molecular weight excluding hydrogens is 1520 g/mol. The number of unbranched alkanes of at least 4 members (excludes halogenated alkanes) is 1. The maximum Gasteiger partial charge on any atom is 0.333 e. The van der Waals surface area contributed by atoms with Gasteiger partial charge in [0.1, 0.15) is 24.6 Å². The molecule has 0 saturated carbocycles. The third-order valence-corrected chi connectivity index (χ3v) is 20.9. The number of benzene rings is 2. The number of terminal acetylenes is 1. The molecule has 24 nitrogen and oxygen atoms in total. The topological polar surface area (TPSA) is 312 Å². The zero-order valence-electron chi connectivity index (χ0n) is 63.8. The molecule has 4 amide bonds. The van der Waals surface area contributed by atoms with Crippen molar-refractivity contribution >= 4 is 93.7 Å².